The van der Waals surface area contributed by atoms with Crippen molar-refractivity contribution in [1.29, 1.82) is 0 Å². The number of halogens is 1. The van der Waals surface area contributed by atoms with Crippen molar-refractivity contribution < 1.29 is 4.39 Å². The number of nitrogens with two attached hydrogens (primary N) is 1. The summed E-state index contributed by atoms with van der Waals surface area (Å²) >= 11 is 1.60. The zero-order valence-corrected chi connectivity index (χ0v) is 12.5. The first-order chi connectivity index (χ1) is 9.56. The third kappa shape index (κ3) is 4.06. The Bertz CT molecular complexity index is 514. The molecule has 0 aliphatic heterocycles. The van der Waals surface area contributed by atoms with Crippen LogP contribution in [0.2, 0.25) is 0 Å². The molecule has 2 rings (SSSR count). The largest absolute Gasteiger partial charge is 0.322 e. The van der Waals surface area contributed by atoms with Crippen molar-refractivity contribution in [2.75, 3.05) is 13.6 Å². The zero-order valence-electron chi connectivity index (χ0n) is 11.7. The molecule has 2 N–H and O–H groups in total. The molecule has 0 fully saturated rings. The van der Waals surface area contributed by atoms with Gasteiger partial charge in [0.25, 0.3) is 0 Å². The standard InChI is InChI=1S/C14H19FN4S/c1-10(6-19(2)7-12-8-20-9-18-12)14(16)13-4-3-11(15)5-17-13/h3-5,8-10,14H,6-7,16H2,1-2H3. The van der Waals surface area contributed by atoms with Crippen LogP contribution in [0.5, 0.6) is 0 Å². The van der Waals surface area contributed by atoms with Gasteiger partial charge < -0.3 is 10.6 Å². The quantitative estimate of drug-likeness (QED) is 0.889. The Morgan fingerprint density at radius 2 is 2.20 bits per heavy atom. The Morgan fingerprint density at radius 3 is 2.80 bits per heavy atom. The lowest BCUT2D eigenvalue weighted by molar-refractivity contribution is 0.254. The fourth-order valence-corrected chi connectivity index (χ4v) is 2.69. The summed E-state index contributed by atoms with van der Waals surface area (Å²) in [6.45, 7) is 3.71. The molecule has 0 saturated carbocycles. The normalized spacial score (nSPS) is 14.4. The molecule has 0 aliphatic carbocycles. The van der Waals surface area contributed by atoms with Crippen molar-refractivity contribution in [2.24, 2.45) is 11.7 Å². The van der Waals surface area contributed by atoms with E-state index in [9.17, 15) is 4.39 Å². The van der Waals surface area contributed by atoms with Gasteiger partial charge in [-0.05, 0) is 25.1 Å². The maximum Gasteiger partial charge on any atom is 0.141 e. The second-order valence-corrected chi connectivity index (χ2v) is 5.80. The van der Waals surface area contributed by atoms with Crippen molar-refractivity contribution in [2.45, 2.75) is 19.5 Å². The Morgan fingerprint density at radius 1 is 1.40 bits per heavy atom. The molecule has 0 bridgehead atoms. The van der Waals surface area contributed by atoms with Gasteiger partial charge in [0.2, 0.25) is 0 Å². The van der Waals surface area contributed by atoms with E-state index in [0.717, 1.165) is 24.5 Å². The molecule has 2 unspecified atom stereocenters. The van der Waals surface area contributed by atoms with Crippen LogP contribution in [-0.4, -0.2) is 28.5 Å². The lowest BCUT2D eigenvalue weighted by atomic mass is 9.98. The van der Waals surface area contributed by atoms with Gasteiger partial charge in [-0.3, -0.25) is 4.98 Å². The van der Waals surface area contributed by atoms with Crippen molar-refractivity contribution in [3.05, 3.63) is 46.4 Å². The Hall–Kier alpha value is -1.37. The van der Waals surface area contributed by atoms with Gasteiger partial charge in [0, 0.05) is 18.5 Å². The lowest BCUT2D eigenvalue weighted by Gasteiger charge is -2.25. The van der Waals surface area contributed by atoms with Crippen LogP contribution >= 0.6 is 11.3 Å². The van der Waals surface area contributed by atoms with Crippen LogP contribution in [0.1, 0.15) is 24.4 Å². The number of aromatic nitrogens is 2. The molecule has 4 nitrogen and oxygen atoms in total. The zero-order chi connectivity index (χ0) is 14.5. The molecule has 0 aliphatic rings. The van der Waals surface area contributed by atoms with E-state index in [4.69, 9.17) is 5.73 Å². The molecule has 0 aromatic carbocycles. The molecule has 2 heterocycles. The third-order valence-electron chi connectivity index (χ3n) is 3.22. The number of hydrogen-bond donors (Lipinski definition) is 1. The van der Waals surface area contributed by atoms with E-state index in [1.165, 1.54) is 12.3 Å². The Labute approximate surface area is 122 Å². The van der Waals surface area contributed by atoms with Gasteiger partial charge in [0.05, 0.1) is 29.1 Å². The summed E-state index contributed by atoms with van der Waals surface area (Å²) in [5.74, 6) is -0.120. The molecule has 0 saturated heterocycles. The molecule has 2 aromatic heterocycles. The average molecular weight is 294 g/mol. The predicted octanol–water partition coefficient (Wildman–Crippen LogP) is 2.45. The highest BCUT2D eigenvalue weighted by Crippen LogP contribution is 2.19. The van der Waals surface area contributed by atoms with Crippen LogP contribution in [0.4, 0.5) is 4.39 Å². The van der Waals surface area contributed by atoms with Crippen molar-refractivity contribution in [1.82, 2.24) is 14.9 Å². The van der Waals surface area contributed by atoms with E-state index in [0.29, 0.717) is 0 Å². The van der Waals surface area contributed by atoms with Gasteiger partial charge in [-0.1, -0.05) is 6.92 Å². The lowest BCUT2D eigenvalue weighted by Crippen LogP contribution is -2.31. The molecule has 0 spiro atoms. The van der Waals surface area contributed by atoms with Crippen LogP contribution in [0.15, 0.2) is 29.2 Å². The van der Waals surface area contributed by atoms with Gasteiger partial charge in [-0.15, -0.1) is 11.3 Å². The first kappa shape index (κ1) is 15.0. The Kier molecular flexibility index (Phi) is 5.17. The molecule has 0 amide bonds. The van der Waals surface area contributed by atoms with Crippen LogP contribution in [0.3, 0.4) is 0 Å². The van der Waals surface area contributed by atoms with E-state index in [2.05, 4.69) is 21.8 Å². The maximum atomic E-state index is 12.9. The third-order valence-corrected chi connectivity index (χ3v) is 3.86. The number of hydrogen-bond acceptors (Lipinski definition) is 5. The van der Waals surface area contributed by atoms with Crippen LogP contribution < -0.4 is 5.73 Å². The summed E-state index contributed by atoms with van der Waals surface area (Å²) in [6.07, 6.45) is 1.21. The summed E-state index contributed by atoms with van der Waals surface area (Å²) in [4.78, 5) is 10.5. The number of thiazole rings is 1. The van der Waals surface area contributed by atoms with Crippen molar-refractivity contribution in [3.8, 4) is 0 Å². The Balaban J connectivity index is 1.90. The SMILES string of the molecule is CC(CN(C)Cc1cscn1)C(N)c1ccc(F)cn1. The van der Waals surface area contributed by atoms with Crippen LogP contribution in [0, 0.1) is 11.7 Å². The maximum absolute atomic E-state index is 12.9. The summed E-state index contributed by atoms with van der Waals surface area (Å²) in [5, 5.41) is 2.04. The van der Waals surface area contributed by atoms with Crippen LogP contribution in [-0.2, 0) is 6.54 Å². The van der Waals surface area contributed by atoms with E-state index in [1.54, 1.807) is 17.4 Å². The first-order valence-electron chi connectivity index (χ1n) is 6.49. The minimum atomic E-state index is -0.339. The molecule has 2 atom stereocenters. The van der Waals surface area contributed by atoms with E-state index >= 15 is 0 Å². The monoisotopic (exact) mass is 294 g/mol. The predicted molar refractivity (Wildman–Crippen MR) is 78.7 cm³/mol. The minimum Gasteiger partial charge on any atom is -0.322 e. The average Bonchev–Trinajstić information content (AvgIpc) is 2.91. The van der Waals surface area contributed by atoms with Crippen LogP contribution in [0.25, 0.3) is 0 Å². The van der Waals surface area contributed by atoms with Gasteiger partial charge in [0.1, 0.15) is 5.82 Å². The molecular weight excluding hydrogens is 275 g/mol. The first-order valence-corrected chi connectivity index (χ1v) is 7.43. The number of nitrogens with zero attached hydrogens (tertiary/aromatic N) is 3. The van der Waals surface area contributed by atoms with E-state index in [1.807, 2.05) is 17.9 Å². The second kappa shape index (κ2) is 6.88. The summed E-state index contributed by atoms with van der Waals surface area (Å²) in [6, 6.07) is 2.85. The smallest absolute Gasteiger partial charge is 0.141 e. The van der Waals surface area contributed by atoms with Gasteiger partial charge in [-0.2, -0.15) is 0 Å². The molecular formula is C14H19FN4S. The fraction of sp³-hybridized carbons (Fsp3) is 0.429. The highest BCUT2D eigenvalue weighted by Gasteiger charge is 2.18. The van der Waals surface area contributed by atoms with E-state index in [-0.39, 0.29) is 17.8 Å². The summed E-state index contributed by atoms with van der Waals surface area (Å²) in [7, 11) is 2.04. The second-order valence-electron chi connectivity index (χ2n) is 5.08. The highest BCUT2D eigenvalue weighted by atomic mass is 32.1. The van der Waals surface area contributed by atoms with E-state index < -0.39 is 0 Å². The fourth-order valence-electron chi connectivity index (χ4n) is 2.14. The van der Waals surface area contributed by atoms with Crippen molar-refractivity contribution in [3.63, 3.8) is 0 Å². The molecule has 6 heteroatoms. The van der Waals surface area contributed by atoms with Crippen molar-refractivity contribution >= 4 is 11.3 Å². The van der Waals surface area contributed by atoms with Gasteiger partial charge in [-0.25, -0.2) is 9.37 Å². The summed E-state index contributed by atoms with van der Waals surface area (Å²) < 4.78 is 12.9. The van der Waals surface area contributed by atoms with Gasteiger partial charge in [0.15, 0.2) is 0 Å². The molecule has 0 radical (unpaired) electrons. The highest BCUT2D eigenvalue weighted by molar-refractivity contribution is 7.07. The van der Waals surface area contributed by atoms with Gasteiger partial charge >= 0.3 is 0 Å². The summed E-state index contributed by atoms with van der Waals surface area (Å²) in [5.41, 5.74) is 9.81. The minimum absolute atomic E-state index is 0.200. The topological polar surface area (TPSA) is 55.0 Å². The molecule has 2 aromatic rings. The number of pyridine rings is 1. The number of rotatable bonds is 6. The molecule has 108 valence electrons. The molecule has 20 heavy (non-hydrogen) atoms.